The molecule has 0 radical (unpaired) electrons. The lowest BCUT2D eigenvalue weighted by atomic mass is 10.1. The number of aromatic nitrogens is 1. The number of rotatable bonds is 8. The lowest BCUT2D eigenvalue weighted by Crippen LogP contribution is -2.38. The lowest BCUT2D eigenvalue weighted by Gasteiger charge is -2.35. The molecular weight excluding hydrogens is 430 g/mol. The number of anilines is 1. The summed E-state index contributed by atoms with van der Waals surface area (Å²) in [5.41, 5.74) is 3.09. The van der Waals surface area contributed by atoms with Gasteiger partial charge in [-0.3, -0.25) is 9.78 Å². The third-order valence-corrected chi connectivity index (χ3v) is 6.96. The minimum absolute atomic E-state index is 0.0778. The number of halogens is 1. The first kappa shape index (κ1) is 21.8. The van der Waals surface area contributed by atoms with Gasteiger partial charge in [0.2, 0.25) is 5.91 Å². The molecule has 1 atom stereocenters. The van der Waals surface area contributed by atoms with Crippen LogP contribution in [0.2, 0.25) is 5.02 Å². The Balaban J connectivity index is 1.33. The van der Waals surface area contributed by atoms with E-state index >= 15 is 0 Å². The van der Waals surface area contributed by atoms with E-state index in [2.05, 4.69) is 22.4 Å². The van der Waals surface area contributed by atoms with Crippen molar-refractivity contribution in [2.45, 2.75) is 24.6 Å². The second kappa shape index (κ2) is 10.2. The molecule has 2 aromatic carbocycles. The summed E-state index contributed by atoms with van der Waals surface area (Å²) in [5.74, 6) is 1.94. The van der Waals surface area contributed by atoms with E-state index in [1.54, 1.807) is 13.3 Å². The van der Waals surface area contributed by atoms with Crippen molar-refractivity contribution in [1.82, 2.24) is 9.88 Å². The van der Waals surface area contributed by atoms with Crippen LogP contribution in [0.15, 0.2) is 54.7 Å². The van der Waals surface area contributed by atoms with Crippen LogP contribution in [-0.2, 0) is 4.79 Å². The van der Waals surface area contributed by atoms with Crippen molar-refractivity contribution < 1.29 is 9.53 Å². The number of thioether (sulfide) groups is 1. The van der Waals surface area contributed by atoms with Crippen LogP contribution < -0.4 is 10.1 Å². The van der Waals surface area contributed by atoms with Crippen molar-refractivity contribution in [1.29, 1.82) is 0 Å². The number of methoxy groups -OCH3 is 1. The first-order valence-corrected chi connectivity index (χ1v) is 11.9. The molecule has 0 saturated carbocycles. The van der Waals surface area contributed by atoms with Gasteiger partial charge in [0, 0.05) is 47.6 Å². The molecule has 1 amide bonds. The van der Waals surface area contributed by atoms with Crippen molar-refractivity contribution in [2.24, 2.45) is 0 Å². The molecule has 4 rings (SSSR count). The van der Waals surface area contributed by atoms with Crippen molar-refractivity contribution in [2.75, 3.05) is 31.3 Å². The summed E-state index contributed by atoms with van der Waals surface area (Å²) < 4.78 is 5.26. The number of benzene rings is 2. The van der Waals surface area contributed by atoms with E-state index in [9.17, 15) is 4.79 Å². The third kappa shape index (κ3) is 5.25. The molecule has 7 heteroatoms. The van der Waals surface area contributed by atoms with Crippen LogP contribution >= 0.6 is 23.4 Å². The van der Waals surface area contributed by atoms with Gasteiger partial charge >= 0.3 is 0 Å². The maximum Gasteiger partial charge on any atom is 0.224 e. The zero-order valence-electron chi connectivity index (χ0n) is 17.5. The Hall–Kier alpha value is -2.44. The predicted molar refractivity (Wildman–Crippen MR) is 129 cm³/mol. The molecule has 5 nitrogen and oxygen atoms in total. The average Bonchev–Trinajstić information content (AvgIpc) is 2.79. The maximum absolute atomic E-state index is 12.6. The Morgan fingerprint density at radius 3 is 2.84 bits per heavy atom. The van der Waals surface area contributed by atoms with Crippen LogP contribution in [0, 0.1) is 0 Å². The molecule has 1 aliphatic heterocycles. The molecule has 162 valence electrons. The topological polar surface area (TPSA) is 54.5 Å². The number of hydrogen-bond acceptors (Lipinski definition) is 5. The minimum Gasteiger partial charge on any atom is -0.497 e. The number of pyridine rings is 1. The van der Waals surface area contributed by atoms with Gasteiger partial charge in [0.15, 0.2) is 0 Å². The van der Waals surface area contributed by atoms with Gasteiger partial charge in [-0.15, -0.1) is 11.8 Å². The largest absolute Gasteiger partial charge is 0.497 e. The Labute approximate surface area is 192 Å². The molecule has 0 aliphatic carbocycles. The number of carbonyl (C=O) groups is 1. The van der Waals surface area contributed by atoms with Crippen molar-refractivity contribution in [3.8, 4) is 5.75 Å². The summed E-state index contributed by atoms with van der Waals surface area (Å²) in [6.45, 7) is 1.60. The van der Waals surface area contributed by atoms with Gasteiger partial charge in [0.25, 0.3) is 0 Å². The van der Waals surface area contributed by atoms with Crippen LogP contribution in [0.1, 0.15) is 30.2 Å². The molecule has 2 heterocycles. The molecule has 3 aromatic rings. The molecular formula is C24H26ClN3O2S. The van der Waals surface area contributed by atoms with E-state index in [1.165, 1.54) is 0 Å². The fraction of sp³-hybridized carbons (Fsp3) is 0.333. The van der Waals surface area contributed by atoms with E-state index in [0.717, 1.165) is 59.6 Å². The minimum atomic E-state index is 0.0778. The number of fused-ring (bicyclic) bond motifs is 1. The van der Waals surface area contributed by atoms with Gasteiger partial charge in [-0.05, 0) is 54.8 Å². The Morgan fingerprint density at radius 1 is 1.19 bits per heavy atom. The summed E-state index contributed by atoms with van der Waals surface area (Å²) >= 11 is 7.91. The van der Waals surface area contributed by atoms with Crippen LogP contribution in [0.25, 0.3) is 10.9 Å². The van der Waals surface area contributed by atoms with Crippen LogP contribution in [0.3, 0.4) is 0 Å². The Morgan fingerprint density at radius 2 is 2.03 bits per heavy atom. The second-order valence-corrected chi connectivity index (χ2v) is 9.11. The van der Waals surface area contributed by atoms with Crippen LogP contribution in [0.5, 0.6) is 5.75 Å². The summed E-state index contributed by atoms with van der Waals surface area (Å²) in [6, 6.07) is 15.8. The first-order valence-electron chi connectivity index (χ1n) is 10.5. The number of carbonyl (C=O) groups excluding carboxylic acids is 1. The number of nitrogens with one attached hydrogen (secondary N) is 1. The number of ether oxygens (including phenoxy) is 1. The zero-order valence-corrected chi connectivity index (χ0v) is 19.1. The highest BCUT2D eigenvalue weighted by Crippen LogP contribution is 2.38. The van der Waals surface area contributed by atoms with E-state index in [1.807, 2.05) is 53.1 Å². The highest BCUT2D eigenvalue weighted by atomic mass is 35.5. The molecule has 1 fully saturated rings. The number of unbranched alkanes of at least 4 members (excludes halogenated alkanes) is 1. The van der Waals surface area contributed by atoms with Crippen molar-refractivity contribution in [3.63, 3.8) is 0 Å². The first-order chi connectivity index (χ1) is 15.2. The Bertz CT molecular complexity index is 1040. The van der Waals surface area contributed by atoms with Gasteiger partial charge in [-0.1, -0.05) is 23.7 Å². The summed E-state index contributed by atoms with van der Waals surface area (Å²) in [6.07, 6.45) is 4.33. The summed E-state index contributed by atoms with van der Waals surface area (Å²) in [5, 5.41) is 5.34. The van der Waals surface area contributed by atoms with Gasteiger partial charge in [0.1, 0.15) is 11.1 Å². The quantitative estimate of drug-likeness (QED) is 0.438. The highest BCUT2D eigenvalue weighted by Gasteiger charge is 2.29. The standard InChI is InChI=1S/C24H26ClN3O2S/c1-30-19-7-4-17(5-8-19)24-28(23(29)11-15-31-24)14-3-2-12-26-21-10-13-27-22-16-18(25)6-9-20(21)22/h4-10,13,16,24H,2-3,11-12,14-15H2,1H3,(H,26,27). The zero-order chi connectivity index (χ0) is 21.6. The monoisotopic (exact) mass is 455 g/mol. The summed E-state index contributed by atoms with van der Waals surface area (Å²) in [7, 11) is 1.66. The Kier molecular flexibility index (Phi) is 7.20. The third-order valence-electron chi connectivity index (χ3n) is 5.44. The number of nitrogens with zero attached hydrogens (tertiary/aromatic N) is 2. The number of amides is 1. The average molecular weight is 456 g/mol. The van der Waals surface area contributed by atoms with Crippen LogP contribution in [0.4, 0.5) is 5.69 Å². The SMILES string of the molecule is COc1ccc(C2SCCC(=O)N2CCCCNc2ccnc3cc(Cl)ccc23)cc1. The fourth-order valence-electron chi connectivity index (χ4n) is 3.81. The molecule has 1 unspecified atom stereocenters. The summed E-state index contributed by atoms with van der Waals surface area (Å²) in [4.78, 5) is 19.0. The van der Waals surface area contributed by atoms with E-state index in [4.69, 9.17) is 16.3 Å². The normalized spacial score (nSPS) is 16.5. The van der Waals surface area contributed by atoms with E-state index in [0.29, 0.717) is 11.4 Å². The second-order valence-electron chi connectivity index (χ2n) is 7.49. The predicted octanol–water partition coefficient (Wildman–Crippen LogP) is 5.75. The van der Waals surface area contributed by atoms with Crippen molar-refractivity contribution in [3.05, 3.63) is 65.3 Å². The molecule has 1 saturated heterocycles. The molecule has 1 aromatic heterocycles. The van der Waals surface area contributed by atoms with Gasteiger partial charge in [0.05, 0.1) is 12.6 Å². The molecule has 31 heavy (non-hydrogen) atoms. The van der Waals surface area contributed by atoms with Gasteiger partial charge in [-0.2, -0.15) is 0 Å². The van der Waals surface area contributed by atoms with Gasteiger partial charge in [-0.25, -0.2) is 0 Å². The lowest BCUT2D eigenvalue weighted by molar-refractivity contribution is -0.132. The molecule has 0 spiro atoms. The number of hydrogen-bond donors (Lipinski definition) is 1. The molecule has 1 aliphatic rings. The van der Waals surface area contributed by atoms with E-state index in [-0.39, 0.29) is 11.3 Å². The van der Waals surface area contributed by atoms with Crippen LogP contribution in [-0.4, -0.2) is 41.7 Å². The van der Waals surface area contributed by atoms with Crippen molar-refractivity contribution >= 4 is 45.9 Å². The smallest absolute Gasteiger partial charge is 0.224 e. The van der Waals surface area contributed by atoms with Gasteiger partial charge < -0.3 is 15.0 Å². The fourth-order valence-corrected chi connectivity index (χ4v) is 5.25. The highest BCUT2D eigenvalue weighted by molar-refractivity contribution is 7.99. The maximum atomic E-state index is 12.6. The molecule has 1 N–H and O–H groups in total. The van der Waals surface area contributed by atoms with E-state index < -0.39 is 0 Å². The molecule has 0 bridgehead atoms.